The lowest BCUT2D eigenvalue weighted by Gasteiger charge is -2.40. The fourth-order valence-electron chi connectivity index (χ4n) is 3.25. The highest BCUT2D eigenvalue weighted by Crippen LogP contribution is 2.38. The van der Waals surface area contributed by atoms with Crippen LogP contribution < -0.4 is 10.1 Å². The normalized spacial score (nSPS) is 24.9. The highest BCUT2D eigenvalue weighted by molar-refractivity contribution is 5.35. The van der Waals surface area contributed by atoms with E-state index in [4.69, 9.17) is 4.74 Å². The van der Waals surface area contributed by atoms with E-state index in [1.807, 2.05) is 18.2 Å². The van der Waals surface area contributed by atoms with Gasteiger partial charge in [-0.05, 0) is 54.1 Å². The topological polar surface area (TPSA) is 21.3 Å². The Kier molecular flexibility index (Phi) is 4.49. The number of piperidine rings is 1. The van der Waals surface area contributed by atoms with Crippen LogP contribution in [0.4, 0.5) is 0 Å². The van der Waals surface area contributed by atoms with Crippen LogP contribution in [-0.4, -0.2) is 13.1 Å². The number of hydrogen-bond donors (Lipinski definition) is 1. The molecule has 2 aromatic rings. The molecule has 2 nitrogen and oxygen atoms in total. The standard InChI is InChI=1S/C20H25NO/c1-16-14-21-12-11-20(16,2)18-9-6-10-19(13-18)22-15-17-7-4-3-5-8-17/h3-10,13,16,21H,11-12,14-15H2,1-2H3/t16?,20-/m1/s1. The number of hydrogen-bond acceptors (Lipinski definition) is 2. The van der Waals surface area contributed by atoms with Crippen molar-refractivity contribution in [1.82, 2.24) is 5.32 Å². The Hall–Kier alpha value is -1.80. The first kappa shape index (κ1) is 15.1. The molecule has 1 aliphatic rings. The monoisotopic (exact) mass is 295 g/mol. The summed E-state index contributed by atoms with van der Waals surface area (Å²) >= 11 is 0. The minimum atomic E-state index is 0.233. The van der Waals surface area contributed by atoms with E-state index >= 15 is 0 Å². The fourth-order valence-corrected chi connectivity index (χ4v) is 3.25. The second kappa shape index (κ2) is 6.53. The van der Waals surface area contributed by atoms with Crippen LogP contribution in [0.1, 0.15) is 31.4 Å². The lowest BCUT2D eigenvalue weighted by Crippen LogP contribution is -2.44. The molecule has 2 aromatic carbocycles. The third-order valence-corrected chi connectivity index (χ3v) is 5.10. The van der Waals surface area contributed by atoms with Crippen LogP contribution in [0, 0.1) is 5.92 Å². The van der Waals surface area contributed by atoms with Crippen LogP contribution in [-0.2, 0) is 12.0 Å². The minimum Gasteiger partial charge on any atom is -0.489 e. The summed E-state index contributed by atoms with van der Waals surface area (Å²) in [5.41, 5.74) is 2.83. The molecular formula is C20H25NO. The number of nitrogens with one attached hydrogen (secondary N) is 1. The summed E-state index contributed by atoms with van der Waals surface area (Å²) < 4.78 is 5.99. The van der Waals surface area contributed by atoms with Gasteiger partial charge in [0.2, 0.25) is 0 Å². The predicted octanol–water partition coefficient (Wildman–Crippen LogP) is 4.15. The van der Waals surface area contributed by atoms with Crippen LogP contribution in [0.2, 0.25) is 0 Å². The maximum absolute atomic E-state index is 5.99. The zero-order valence-corrected chi connectivity index (χ0v) is 13.5. The van der Waals surface area contributed by atoms with Crippen molar-refractivity contribution in [3.8, 4) is 5.75 Å². The minimum absolute atomic E-state index is 0.233. The summed E-state index contributed by atoms with van der Waals surface area (Å²) in [5, 5.41) is 3.49. The lowest BCUT2D eigenvalue weighted by atomic mass is 9.68. The molecule has 0 amide bonds. The third kappa shape index (κ3) is 3.17. The molecule has 0 aliphatic carbocycles. The Bertz CT molecular complexity index is 610. The van der Waals surface area contributed by atoms with Crippen LogP contribution in [0.25, 0.3) is 0 Å². The van der Waals surface area contributed by atoms with Gasteiger partial charge in [-0.15, -0.1) is 0 Å². The Morgan fingerprint density at radius 2 is 1.95 bits per heavy atom. The summed E-state index contributed by atoms with van der Waals surface area (Å²) in [4.78, 5) is 0. The van der Waals surface area contributed by atoms with Crippen LogP contribution in [0.15, 0.2) is 54.6 Å². The molecule has 2 heteroatoms. The molecule has 0 saturated carbocycles. The molecule has 1 N–H and O–H groups in total. The van der Waals surface area contributed by atoms with Crippen molar-refractivity contribution in [1.29, 1.82) is 0 Å². The van der Waals surface area contributed by atoms with Crippen LogP contribution >= 0.6 is 0 Å². The molecular weight excluding hydrogens is 270 g/mol. The molecule has 3 rings (SSSR count). The van der Waals surface area contributed by atoms with Gasteiger partial charge < -0.3 is 10.1 Å². The van der Waals surface area contributed by atoms with Crippen molar-refractivity contribution in [2.24, 2.45) is 5.92 Å². The molecule has 0 aromatic heterocycles. The number of ether oxygens (including phenoxy) is 1. The summed E-state index contributed by atoms with van der Waals surface area (Å²) in [6, 6.07) is 19.0. The van der Waals surface area contributed by atoms with Crippen molar-refractivity contribution < 1.29 is 4.74 Å². The summed E-state index contributed by atoms with van der Waals surface area (Å²) in [6.07, 6.45) is 1.18. The first-order valence-corrected chi connectivity index (χ1v) is 8.16. The molecule has 0 bridgehead atoms. The molecule has 1 heterocycles. The lowest BCUT2D eigenvalue weighted by molar-refractivity contribution is 0.236. The van der Waals surface area contributed by atoms with Gasteiger partial charge in [0.05, 0.1) is 0 Å². The Labute approximate surface area is 133 Å². The van der Waals surface area contributed by atoms with Crippen molar-refractivity contribution in [3.05, 3.63) is 65.7 Å². The molecule has 1 saturated heterocycles. The van der Waals surface area contributed by atoms with Gasteiger partial charge in [0, 0.05) is 0 Å². The van der Waals surface area contributed by atoms with Gasteiger partial charge in [-0.3, -0.25) is 0 Å². The van der Waals surface area contributed by atoms with E-state index in [-0.39, 0.29) is 5.41 Å². The zero-order valence-electron chi connectivity index (χ0n) is 13.5. The van der Waals surface area contributed by atoms with E-state index in [2.05, 4.69) is 55.6 Å². The molecule has 1 aliphatic heterocycles. The van der Waals surface area contributed by atoms with Gasteiger partial charge >= 0.3 is 0 Å². The van der Waals surface area contributed by atoms with E-state index in [0.29, 0.717) is 12.5 Å². The molecule has 1 fully saturated rings. The van der Waals surface area contributed by atoms with Crippen LogP contribution in [0.3, 0.4) is 0 Å². The second-order valence-electron chi connectivity index (χ2n) is 6.57. The van der Waals surface area contributed by atoms with Gasteiger partial charge in [0.1, 0.15) is 12.4 Å². The highest BCUT2D eigenvalue weighted by Gasteiger charge is 2.35. The summed E-state index contributed by atoms with van der Waals surface area (Å²) in [5.74, 6) is 1.60. The third-order valence-electron chi connectivity index (χ3n) is 5.10. The van der Waals surface area contributed by atoms with E-state index in [1.54, 1.807) is 0 Å². The summed E-state index contributed by atoms with van der Waals surface area (Å²) in [6.45, 7) is 7.53. The Balaban J connectivity index is 1.75. The SMILES string of the molecule is CC1CNCC[C@@]1(C)c1cccc(OCc2ccccc2)c1. The number of rotatable bonds is 4. The van der Waals surface area contributed by atoms with Gasteiger partial charge in [-0.1, -0.05) is 56.3 Å². The smallest absolute Gasteiger partial charge is 0.120 e. The molecule has 22 heavy (non-hydrogen) atoms. The largest absolute Gasteiger partial charge is 0.489 e. The van der Waals surface area contributed by atoms with Gasteiger partial charge in [0.25, 0.3) is 0 Å². The first-order valence-electron chi connectivity index (χ1n) is 8.16. The average molecular weight is 295 g/mol. The number of benzene rings is 2. The maximum Gasteiger partial charge on any atom is 0.120 e. The van der Waals surface area contributed by atoms with Crippen molar-refractivity contribution in [3.63, 3.8) is 0 Å². The van der Waals surface area contributed by atoms with Gasteiger partial charge in [-0.2, -0.15) is 0 Å². The van der Waals surface area contributed by atoms with Crippen LogP contribution in [0.5, 0.6) is 5.75 Å². The quantitative estimate of drug-likeness (QED) is 0.915. The molecule has 2 atom stereocenters. The Morgan fingerprint density at radius 3 is 2.73 bits per heavy atom. The van der Waals surface area contributed by atoms with Crippen molar-refractivity contribution in [2.45, 2.75) is 32.3 Å². The maximum atomic E-state index is 5.99. The average Bonchev–Trinajstić information content (AvgIpc) is 2.57. The van der Waals surface area contributed by atoms with Gasteiger partial charge in [0.15, 0.2) is 0 Å². The fraction of sp³-hybridized carbons (Fsp3) is 0.400. The predicted molar refractivity (Wildman–Crippen MR) is 91.2 cm³/mol. The van der Waals surface area contributed by atoms with Crippen molar-refractivity contribution in [2.75, 3.05) is 13.1 Å². The summed E-state index contributed by atoms with van der Waals surface area (Å²) in [7, 11) is 0. The molecule has 116 valence electrons. The van der Waals surface area contributed by atoms with E-state index in [1.165, 1.54) is 17.5 Å². The zero-order chi connectivity index (χ0) is 15.4. The van der Waals surface area contributed by atoms with E-state index < -0.39 is 0 Å². The second-order valence-corrected chi connectivity index (χ2v) is 6.57. The highest BCUT2D eigenvalue weighted by atomic mass is 16.5. The van der Waals surface area contributed by atoms with Gasteiger partial charge in [-0.25, -0.2) is 0 Å². The molecule has 0 spiro atoms. The Morgan fingerprint density at radius 1 is 1.14 bits per heavy atom. The molecule has 1 unspecified atom stereocenters. The van der Waals surface area contributed by atoms with E-state index in [9.17, 15) is 0 Å². The first-order chi connectivity index (χ1) is 10.7. The van der Waals surface area contributed by atoms with Crippen molar-refractivity contribution >= 4 is 0 Å². The molecule has 0 radical (unpaired) electrons. The van der Waals surface area contributed by atoms with E-state index in [0.717, 1.165) is 18.8 Å².